The summed E-state index contributed by atoms with van der Waals surface area (Å²) in [5.41, 5.74) is 1.65. The molecule has 2 saturated heterocycles. The smallest absolute Gasteiger partial charge is 0.270 e. The molecule has 0 bridgehead atoms. The van der Waals surface area contributed by atoms with Crippen LogP contribution in [-0.2, 0) is 14.8 Å². The van der Waals surface area contributed by atoms with E-state index in [1.54, 1.807) is 35.2 Å². The van der Waals surface area contributed by atoms with Gasteiger partial charge in [0.15, 0.2) is 0 Å². The normalized spacial score (nSPS) is 17.7. The van der Waals surface area contributed by atoms with Crippen molar-refractivity contribution in [3.63, 3.8) is 0 Å². The second kappa shape index (κ2) is 9.46. The molecular formula is C22H26N4O6S. The number of rotatable bonds is 5. The Morgan fingerprint density at radius 1 is 0.970 bits per heavy atom. The van der Waals surface area contributed by atoms with Gasteiger partial charge in [0.1, 0.15) is 0 Å². The number of hydrogen-bond donors (Lipinski definition) is 0. The summed E-state index contributed by atoms with van der Waals surface area (Å²) in [5, 5.41) is 11.3. The molecule has 0 aliphatic carbocycles. The average molecular weight is 475 g/mol. The standard InChI is InChI=1S/C22H26N4O6S/c1-17-2-5-19(6-3-17)33(30,31)25-10-8-23(9-11-25)21-7-4-18(26(28)29)16-20(21)22(27)24-12-14-32-15-13-24/h2-7,16H,8-15H2,1H3. The number of carbonyl (C=O) groups is 1. The van der Waals surface area contributed by atoms with E-state index in [1.165, 1.54) is 16.4 Å². The van der Waals surface area contributed by atoms with E-state index in [1.807, 2.05) is 11.8 Å². The molecule has 10 nitrogen and oxygen atoms in total. The molecule has 2 heterocycles. The van der Waals surface area contributed by atoms with Crippen LogP contribution < -0.4 is 4.90 Å². The Kier molecular flexibility index (Phi) is 6.63. The fourth-order valence-electron chi connectivity index (χ4n) is 4.05. The van der Waals surface area contributed by atoms with E-state index >= 15 is 0 Å². The lowest BCUT2D eigenvalue weighted by molar-refractivity contribution is -0.384. The Labute approximate surface area is 192 Å². The number of morpholine rings is 1. The zero-order valence-corrected chi connectivity index (χ0v) is 19.2. The van der Waals surface area contributed by atoms with E-state index < -0.39 is 14.9 Å². The Morgan fingerprint density at radius 2 is 1.61 bits per heavy atom. The topological polar surface area (TPSA) is 113 Å². The van der Waals surface area contributed by atoms with Gasteiger partial charge in [-0.15, -0.1) is 0 Å². The van der Waals surface area contributed by atoms with Crippen molar-refractivity contribution in [1.82, 2.24) is 9.21 Å². The van der Waals surface area contributed by atoms with Crippen LogP contribution in [0.25, 0.3) is 0 Å². The number of amides is 1. The number of nitrogens with zero attached hydrogens (tertiary/aromatic N) is 4. The van der Waals surface area contributed by atoms with Crippen molar-refractivity contribution >= 4 is 27.3 Å². The molecule has 2 aromatic rings. The summed E-state index contributed by atoms with van der Waals surface area (Å²) in [7, 11) is -3.62. The molecular weight excluding hydrogens is 448 g/mol. The molecule has 0 radical (unpaired) electrons. The third kappa shape index (κ3) is 4.85. The number of benzene rings is 2. The SMILES string of the molecule is Cc1ccc(S(=O)(=O)N2CCN(c3ccc([N+](=O)[O-])cc3C(=O)N3CCOCC3)CC2)cc1. The van der Waals surface area contributed by atoms with Crippen molar-refractivity contribution in [1.29, 1.82) is 0 Å². The molecule has 2 aliphatic heterocycles. The summed E-state index contributed by atoms with van der Waals surface area (Å²) in [6.07, 6.45) is 0. The van der Waals surface area contributed by atoms with Crippen molar-refractivity contribution in [3.05, 3.63) is 63.7 Å². The highest BCUT2D eigenvalue weighted by Gasteiger charge is 2.31. The fraction of sp³-hybridized carbons (Fsp3) is 0.409. The Balaban J connectivity index is 1.55. The number of non-ortho nitro benzene ring substituents is 1. The van der Waals surface area contributed by atoms with Crippen molar-refractivity contribution in [2.75, 3.05) is 57.4 Å². The van der Waals surface area contributed by atoms with Crippen molar-refractivity contribution in [2.24, 2.45) is 0 Å². The van der Waals surface area contributed by atoms with Crippen LogP contribution in [0.5, 0.6) is 0 Å². The van der Waals surface area contributed by atoms with Gasteiger partial charge in [-0.3, -0.25) is 14.9 Å². The number of ether oxygens (including phenoxy) is 1. The van der Waals surface area contributed by atoms with Crippen LogP contribution in [0.15, 0.2) is 47.4 Å². The van der Waals surface area contributed by atoms with Crippen LogP contribution in [0, 0.1) is 17.0 Å². The number of sulfonamides is 1. The molecule has 0 spiro atoms. The van der Waals surface area contributed by atoms with Crippen molar-refractivity contribution < 1.29 is 22.9 Å². The molecule has 1 amide bonds. The highest BCUT2D eigenvalue weighted by Crippen LogP contribution is 2.29. The molecule has 33 heavy (non-hydrogen) atoms. The van der Waals surface area contributed by atoms with Gasteiger partial charge in [0.2, 0.25) is 10.0 Å². The number of hydrogen-bond acceptors (Lipinski definition) is 7. The maximum Gasteiger partial charge on any atom is 0.270 e. The van der Waals surface area contributed by atoms with E-state index in [0.717, 1.165) is 5.56 Å². The molecule has 0 saturated carbocycles. The third-order valence-corrected chi connectivity index (χ3v) is 7.87. The Hall–Kier alpha value is -3.02. The van der Waals surface area contributed by atoms with Gasteiger partial charge in [-0.1, -0.05) is 17.7 Å². The first-order valence-electron chi connectivity index (χ1n) is 10.7. The first-order chi connectivity index (χ1) is 15.8. The largest absolute Gasteiger partial charge is 0.378 e. The quantitative estimate of drug-likeness (QED) is 0.480. The molecule has 0 N–H and O–H groups in total. The van der Waals surface area contributed by atoms with Crippen LogP contribution in [0.1, 0.15) is 15.9 Å². The molecule has 2 fully saturated rings. The van der Waals surface area contributed by atoms with Gasteiger partial charge >= 0.3 is 0 Å². The Bertz CT molecular complexity index is 1140. The first kappa shape index (κ1) is 23.1. The number of nitro benzene ring substituents is 1. The van der Waals surface area contributed by atoms with Gasteiger partial charge in [-0.25, -0.2) is 8.42 Å². The fourth-order valence-corrected chi connectivity index (χ4v) is 5.47. The maximum atomic E-state index is 13.2. The van der Waals surface area contributed by atoms with Gasteiger partial charge in [-0.2, -0.15) is 4.31 Å². The monoisotopic (exact) mass is 474 g/mol. The Morgan fingerprint density at radius 3 is 2.21 bits per heavy atom. The molecule has 2 aliphatic rings. The minimum atomic E-state index is -3.62. The average Bonchev–Trinajstić information content (AvgIpc) is 2.84. The molecule has 0 unspecified atom stereocenters. The van der Waals surface area contributed by atoms with Crippen LogP contribution in [-0.4, -0.2) is 80.9 Å². The first-order valence-corrected chi connectivity index (χ1v) is 12.2. The van der Waals surface area contributed by atoms with E-state index in [4.69, 9.17) is 4.74 Å². The van der Waals surface area contributed by atoms with Crippen LogP contribution in [0.3, 0.4) is 0 Å². The van der Waals surface area contributed by atoms with Gasteiger partial charge in [0.05, 0.1) is 34.3 Å². The second-order valence-corrected chi connectivity index (χ2v) is 10.0. The number of carbonyl (C=O) groups excluding carboxylic acids is 1. The molecule has 2 aromatic carbocycles. The third-order valence-electron chi connectivity index (χ3n) is 5.96. The molecule has 176 valence electrons. The highest BCUT2D eigenvalue weighted by atomic mass is 32.2. The summed E-state index contributed by atoms with van der Waals surface area (Å²) in [4.78, 5) is 27.8. The minimum absolute atomic E-state index is 0.157. The molecule has 0 aromatic heterocycles. The lowest BCUT2D eigenvalue weighted by atomic mass is 10.1. The van der Waals surface area contributed by atoms with Crippen LogP contribution in [0.4, 0.5) is 11.4 Å². The van der Waals surface area contributed by atoms with Crippen LogP contribution >= 0.6 is 0 Å². The predicted octanol–water partition coefficient (Wildman–Crippen LogP) is 1.89. The van der Waals surface area contributed by atoms with Gasteiger partial charge in [-0.05, 0) is 25.1 Å². The van der Waals surface area contributed by atoms with Gasteiger partial charge in [0.25, 0.3) is 11.6 Å². The number of anilines is 1. The summed E-state index contributed by atoms with van der Waals surface area (Å²) >= 11 is 0. The second-order valence-electron chi connectivity index (χ2n) is 8.07. The number of aryl methyl sites for hydroxylation is 1. The van der Waals surface area contributed by atoms with Crippen molar-refractivity contribution in [3.8, 4) is 0 Å². The van der Waals surface area contributed by atoms with Crippen LogP contribution in [0.2, 0.25) is 0 Å². The zero-order valence-electron chi connectivity index (χ0n) is 18.3. The zero-order chi connectivity index (χ0) is 23.6. The maximum absolute atomic E-state index is 13.2. The van der Waals surface area contributed by atoms with E-state index in [9.17, 15) is 23.3 Å². The molecule has 0 atom stereocenters. The number of piperazine rings is 1. The van der Waals surface area contributed by atoms with E-state index in [0.29, 0.717) is 45.1 Å². The lowest BCUT2D eigenvalue weighted by Gasteiger charge is -2.36. The van der Waals surface area contributed by atoms with E-state index in [-0.39, 0.29) is 35.1 Å². The van der Waals surface area contributed by atoms with E-state index in [2.05, 4.69) is 0 Å². The molecule has 11 heteroatoms. The summed E-state index contributed by atoms with van der Waals surface area (Å²) in [6.45, 7) is 4.81. The minimum Gasteiger partial charge on any atom is -0.378 e. The molecule has 4 rings (SSSR count). The summed E-state index contributed by atoms with van der Waals surface area (Å²) in [5.74, 6) is -0.285. The highest BCUT2D eigenvalue weighted by molar-refractivity contribution is 7.89. The lowest BCUT2D eigenvalue weighted by Crippen LogP contribution is -2.49. The summed E-state index contributed by atoms with van der Waals surface area (Å²) in [6, 6.07) is 11.0. The van der Waals surface area contributed by atoms with Gasteiger partial charge in [0, 0.05) is 51.4 Å². The van der Waals surface area contributed by atoms with Gasteiger partial charge < -0.3 is 14.5 Å². The van der Waals surface area contributed by atoms with Crippen molar-refractivity contribution in [2.45, 2.75) is 11.8 Å². The summed E-state index contributed by atoms with van der Waals surface area (Å²) < 4.78 is 32.7. The number of nitro groups is 1. The predicted molar refractivity (Wildman–Crippen MR) is 122 cm³/mol.